The summed E-state index contributed by atoms with van der Waals surface area (Å²) in [7, 11) is -3.56. The smallest absolute Gasteiger partial charge is 0.263 e. The molecule has 4 rings (SSSR count). The van der Waals surface area contributed by atoms with Crippen molar-refractivity contribution in [3.05, 3.63) is 96.1 Å². The Morgan fingerprint density at radius 1 is 0.968 bits per heavy atom. The Kier molecular flexibility index (Phi) is 5.95. The Hall–Kier alpha value is -3.32. The van der Waals surface area contributed by atoms with Crippen molar-refractivity contribution in [3.8, 4) is 5.75 Å². The van der Waals surface area contributed by atoms with Crippen LogP contribution in [0.2, 0.25) is 0 Å². The van der Waals surface area contributed by atoms with Crippen LogP contribution in [0, 0.1) is 0 Å². The van der Waals surface area contributed by atoms with Gasteiger partial charge in [0.25, 0.3) is 5.91 Å². The van der Waals surface area contributed by atoms with E-state index in [1.807, 2.05) is 60.7 Å². The lowest BCUT2D eigenvalue weighted by atomic mass is 9.98. The molecule has 0 bridgehead atoms. The SMILES string of the molecule is CCS(=O)(=O)N1C[C@@H](C(=O)NC(c2ccccc2)c2ccccc2)Oc2ccccc21. The van der Waals surface area contributed by atoms with E-state index in [9.17, 15) is 13.2 Å². The number of carbonyl (C=O) groups excluding carboxylic acids is 1. The van der Waals surface area contributed by atoms with Gasteiger partial charge < -0.3 is 10.1 Å². The molecule has 6 nitrogen and oxygen atoms in total. The third-order valence-electron chi connectivity index (χ3n) is 5.28. The van der Waals surface area contributed by atoms with Crippen molar-refractivity contribution in [2.24, 2.45) is 0 Å². The summed E-state index contributed by atoms with van der Waals surface area (Å²) in [6.45, 7) is 1.51. The normalized spacial score (nSPS) is 15.8. The Morgan fingerprint density at radius 2 is 1.52 bits per heavy atom. The van der Waals surface area contributed by atoms with Gasteiger partial charge >= 0.3 is 0 Å². The largest absolute Gasteiger partial charge is 0.476 e. The number of ether oxygens (including phenoxy) is 1. The molecule has 0 saturated heterocycles. The molecule has 0 fully saturated rings. The van der Waals surface area contributed by atoms with E-state index in [4.69, 9.17) is 4.74 Å². The molecule has 0 saturated carbocycles. The minimum atomic E-state index is -3.56. The van der Waals surface area contributed by atoms with Gasteiger partial charge in [-0.05, 0) is 30.2 Å². The van der Waals surface area contributed by atoms with Gasteiger partial charge in [0.2, 0.25) is 10.0 Å². The number of sulfonamides is 1. The number of hydrogen-bond acceptors (Lipinski definition) is 4. The fourth-order valence-electron chi connectivity index (χ4n) is 3.64. The predicted octanol–water partition coefficient (Wildman–Crippen LogP) is 3.51. The first-order valence-corrected chi connectivity index (χ1v) is 11.8. The number of benzene rings is 3. The maximum atomic E-state index is 13.3. The molecule has 1 heterocycles. The quantitative estimate of drug-likeness (QED) is 0.642. The second-order valence-corrected chi connectivity index (χ2v) is 9.45. The van der Waals surface area contributed by atoms with Crippen molar-refractivity contribution >= 4 is 21.6 Å². The molecule has 0 radical (unpaired) electrons. The average molecular weight is 437 g/mol. The van der Waals surface area contributed by atoms with Crippen LogP contribution in [-0.4, -0.2) is 32.7 Å². The first kappa shape index (κ1) is 20.9. The Labute approximate surface area is 182 Å². The highest BCUT2D eigenvalue weighted by atomic mass is 32.2. The molecule has 3 aromatic carbocycles. The highest BCUT2D eigenvalue weighted by Gasteiger charge is 2.36. The molecule has 0 spiro atoms. The number of nitrogens with one attached hydrogen (secondary N) is 1. The lowest BCUT2D eigenvalue weighted by Crippen LogP contribution is -2.51. The van der Waals surface area contributed by atoms with Crippen LogP contribution in [0.25, 0.3) is 0 Å². The van der Waals surface area contributed by atoms with Gasteiger partial charge in [0, 0.05) is 0 Å². The third-order valence-corrected chi connectivity index (χ3v) is 7.03. The Balaban J connectivity index is 1.64. The Bertz CT molecular complexity index is 1110. The van der Waals surface area contributed by atoms with Crippen LogP contribution in [0.3, 0.4) is 0 Å². The van der Waals surface area contributed by atoms with E-state index < -0.39 is 16.1 Å². The zero-order valence-corrected chi connectivity index (χ0v) is 18.0. The van der Waals surface area contributed by atoms with Crippen molar-refractivity contribution in [1.82, 2.24) is 5.32 Å². The average Bonchev–Trinajstić information content (AvgIpc) is 2.82. The van der Waals surface area contributed by atoms with Crippen LogP contribution in [0.5, 0.6) is 5.75 Å². The standard InChI is InChI=1S/C24H24N2O4S/c1-2-31(28,29)26-17-22(30-21-16-10-9-15-20(21)26)24(27)25-23(18-11-5-3-6-12-18)19-13-7-4-8-14-19/h3-16,22-23H,2,17H2,1H3,(H,25,27)/t22-/m0/s1. The molecule has 3 aromatic rings. The third kappa shape index (κ3) is 4.41. The van der Waals surface area contributed by atoms with Crippen LogP contribution in [0.1, 0.15) is 24.1 Å². The van der Waals surface area contributed by atoms with E-state index in [0.717, 1.165) is 11.1 Å². The molecular weight excluding hydrogens is 412 g/mol. The van der Waals surface area contributed by atoms with Crippen LogP contribution >= 0.6 is 0 Å². The molecule has 0 unspecified atom stereocenters. The number of rotatable bonds is 6. The van der Waals surface area contributed by atoms with Gasteiger partial charge in [-0.1, -0.05) is 72.8 Å². The topological polar surface area (TPSA) is 75.7 Å². The summed E-state index contributed by atoms with van der Waals surface area (Å²) in [6, 6.07) is 25.8. The van der Waals surface area contributed by atoms with Crippen molar-refractivity contribution in [2.45, 2.75) is 19.1 Å². The minimum Gasteiger partial charge on any atom is -0.476 e. The van der Waals surface area contributed by atoms with E-state index in [0.29, 0.717) is 11.4 Å². The number of fused-ring (bicyclic) bond motifs is 1. The Morgan fingerprint density at radius 3 is 2.10 bits per heavy atom. The summed E-state index contributed by atoms with van der Waals surface area (Å²) in [5.74, 6) is -0.0582. The van der Waals surface area contributed by atoms with Crippen LogP contribution in [0.4, 0.5) is 5.69 Å². The summed E-state index contributed by atoms with van der Waals surface area (Å²) >= 11 is 0. The number of para-hydroxylation sites is 2. The van der Waals surface area contributed by atoms with Gasteiger partial charge in [-0.3, -0.25) is 9.10 Å². The number of amides is 1. The predicted molar refractivity (Wildman–Crippen MR) is 121 cm³/mol. The fraction of sp³-hybridized carbons (Fsp3) is 0.208. The summed E-state index contributed by atoms with van der Waals surface area (Å²) in [5, 5.41) is 3.05. The molecule has 7 heteroatoms. The van der Waals surface area contributed by atoms with E-state index in [1.165, 1.54) is 4.31 Å². The van der Waals surface area contributed by atoms with Gasteiger partial charge in [-0.15, -0.1) is 0 Å². The van der Waals surface area contributed by atoms with Gasteiger partial charge in [-0.2, -0.15) is 0 Å². The molecule has 0 aliphatic carbocycles. The van der Waals surface area contributed by atoms with Gasteiger partial charge in [0.15, 0.2) is 6.10 Å². The highest BCUT2D eigenvalue weighted by Crippen LogP contribution is 2.35. The second-order valence-electron chi connectivity index (χ2n) is 7.27. The molecule has 1 amide bonds. The number of nitrogens with zero attached hydrogens (tertiary/aromatic N) is 1. The van der Waals surface area contributed by atoms with E-state index in [2.05, 4.69) is 5.32 Å². The minimum absolute atomic E-state index is 0.0632. The molecule has 31 heavy (non-hydrogen) atoms. The molecule has 1 atom stereocenters. The van der Waals surface area contributed by atoms with Crippen LogP contribution in [-0.2, 0) is 14.8 Å². The van der Waals surface area contributed by atoms with E-state index in [1.54, 1.807) is 31.2 Å². The lowest BCUT2D eigenvalue weighted by Gasteiger charge is -2.35. The fourth-order valence-corrected chi connectivity index (χ4v) is 4.77. The summed E-state index contributed by atoms with van der Waals surface area (Å²) < 4.78 is 32.6. The maximum absolute atomic E-state index is 13.3. The maximum Gasteiger partial charge on any atom is 0.263 e. The number of hydrogen-bond donors (Lipinski definition) is 1. The van der Waals surface area contributed by atoms with Gasteiger partial charge in [0.1, 0.15) is 5.75 Å². The van der Waals surface area contributed by atoms with Crippen molar-refractivity contribution < 1.29 is 17.9 Å². The second kappa shape index (κ2) is 8.81. The van der Waals surface area contributed by atoms with Crippen LogP contribution in [0.15, 0.2) is 84.9 Å². The van der Waals surface area contributed by atoms with Crippen molar-refractivity contribution in [3.63, 3.8) is 0 Å². The zero-order chi connectivity index (χ0) is 21.8. The molecule has 1 aliphatic rings. The van der Waals surface area contributed by atoms with E-state index >= 15 is 0 Å². The molecule has 160 valence electrons. The number of anilines is 1. The summed E-state index contributed by atoms with van der Waals surface area (Å²) in [6.07, 6.45) is -0.967. The number of carbonyl (C=O) groups is 1. The first-order chi connectivity index (χ1) is 15.0. The zero-order valence-electron chi connectivity index (χ0n) is 17.1. The van der Waals surface area contributed by atoms with Gasteiger partial charge in [-0.25, -0.2) is 8.42 Å². The summed E-state index contributed by atoms with van der Waals surface area (Å²) in [5.41, 5.74) is 2.31. The van der Waals surface area contributed by atoms with E-state index in [-0.39, 0.29) is 24.2 Å². The molecule has 0 aromatic heterocycles. The van der Waals surface area contributed by atoms with Crippen LogP contribution < -0.4 is 14.4 Å². The first-order valence-electron chi connectivity index (χ1n) is 10.2. The monoisotopic (exact) mass is 436 g/mol. The van der Waals surface area contributed by atoms with Crippen molar-refractivity contribution in [2.75, 3.05) is 16.6 Å². The molecule has 1 aliphatic heterocycles. The highest BCUT2D eigenvalue weighted by molar-refractivity contribution is 7.92. The molecular formula is C24H24N2O4S. The summed E-state index contributed by atoms with van der Waals surface area (Å²) in [4.78, 5) is 13.3. The van der Waals surface area contributed by atoms with Crippen molar-refractivity contribution in [1.29, 1.82) is 0 Å². The molecule has 1 N–H and O–H groups in total. The lowest BCUT2D eigenvalue weighted by molar-refractivity contribution is -0.128. The van der Waals surface area contributed by atoms with Gasteiger partial charge in [0.05, 0.1) is 24.0 Å².